The lowest BCUT2D eigenvalue weighted by Crippen LogP contribution is -2.35. The highest BCUT2D eigenvalue weighted by molar-refractivity contribution is 7.89. The topological polar surface area (TPSA) is 71.3 Å². The molecule has 17 heavy (non-hydrogen) atoms. The van der Waals surface area contributed by atoms with Crippen LogP contribution in [0.15, 0.2) is 23.0 Å². The number of piperidine rings is 1. The van der Waals surface area contributed by atoms with Crippen LogP contribution in [0.2, 0.25) is 0 Å². The van der Waals surface area contributed by atoms with Crippen LogP contribution < -0.4 is 10.0 Å². The predicted octanol–water partition coefficient (Wildman–Crippen LogP) is 0.699. The molecule has 1 saturated heterocycles. The molecular weight excluding hydrogens is 240 g/mol. The van der Waals surface area contributed by atoms with E-state index in [4.69, 9.17) is 4.42 Å². The van der Waals surface area contributed by atoms with Gasteiger partial charge < -0.3 is 9.73 Å². The zero-order valence-electron chi connectivity index (χ0n) is 9.69. The van der Waals surface area contributed by atoms with E-state index in [1.807, 2.05) is 0 Å². The Labute approximate surface area is 102 Å². The van der Waals surface area contributed by atoms with Crippen molar-refractivity contribution < 1.29 is 12.8 Å². The Morgan fingerprint density at radius 3 is 2.82 bits per heavy atom. The molecule has 0 saturated carbocycles. The zero-order valence-corrected chi connectivity index (χ0v) is 10.5. The summed E-state index contributed by atoms with van der Waals surface area (Å²) in [5.74, 6) is 0.505. The lowest BCUT2D eigenvalue weighted by Gasteiger charge is -2.22. The normalized spacial score (nSPS) is 18.4. The Bertz CT molecular complexity index is 422. The minimum absolute atomic E-state index is 0.229. The van der Waals surface area contributed by atoms with Crippen molar-refractivity contribution >= 4 is 10.0 Å². The molecule has 2 N–H and O–H groups in total. The molecular formula is C11H18N2O3S. The van der Waals surface area contributed by atoms with Gasteiger partial charge in [-0.15, -0.1) is 0 Å². The van der Waals surface area contributed by atoms with Crippen molar-refractivity contribution in [3.8, 4) is 0 Å². The summed E-state index contributed by atoms with van der Waals surface area (Å²) >= 11 is 0. The Kier molecular flexibility index (Phi) is 4.20. The Morgan fingerprint density at radius 2 is 2.18 bits per heavy atom. The highest BCUT2D eigenvalue weighted by atomic mass is 32.2. The fraction of sp³-hybridized carbons (Fsp3) is 0.636. The van der Waals surface area contributed by atoms with Gasteiger partial charge in [0.1, 0.15) is 0 Å². The van der Waals surface area contributed by atoms with E-state index in [9.17, 15) is 8.42 Å². The monoisotopic (exact) mass is 258 g/mol. The maximum absolute atomic E-state index is 11.8. The number of hydrogen-bond donors (Lipinski definition) is 2. The first-order chi connectivity index (χ1) is 8.16. The molecule has 1 aliphatic heterocycles. The summed E-state index contributed by atoms with van der Waals surface area (Å²) in [6.45, 7) is 2.15. The first-order valence-corrected chi connectivity index (χ1v) is 7.50. The SMILES string of the molecule is O=S(=O)(CC1CCNCC1)NCc1ccoc1. The maximum atomic E-state index is 11.8. The molecule has 1 aromatic rings. The van der Waals surface area contributed by atoms with Gasteiger partial charge >= 0.3 is 0 Å². The number of sulfonamides is 1. The third-order valence-electron chi connectivity index (χ3n) is 2.99. The number of rotatable bonds is 5. The summed E-state index contributed by atoms with van der Waals surface area (Å²) in [7, 11) is -3.18. The molecule has 2 heterocycles. The van der Waals surface area contributed by atoms with E-state index in [-0.39, 0.29) is 11.7 Å². The van der Waals surface area contributed by atoms with Crippen molar-refractivity contribution in [2.75, 3.05) is 18.8 Å². The molecule has 1 fully saturated rings. The van der Waals surface area contributed by atoms with Crippen molar-refractivity contribution in [2.24, 2.45) is 5.92 Å². The molecule has 0 spiro atoms. The van der Waals surface area contributed by atoms with Gasteiger partial charge in [0.25, 0.3) is 0 Å². The van der Waals surface area contributed by atoms with Gasteiger partial charge in [-0.05, 0) is 37.9 Å². The van der Waals surface area contributed by atoms with Crippen molar-refractivity contribution in [1.82, 2.24) is 10.0 Å². The van der Waals surface area contributed by atoms with Crippen LogP contribution in [0.1, 0.15) is 18.4 Å². The fourth-order valence-corrected chi connectivity index (χ4v) is 3.46. The molecule has 1 aromatic heterocycles. The zero-order chi connectivity index (χ0) is 12.1. The highest BCUT2D eigenvalue weighted by Crippen LogP contribution is 2.13. The van der Waals surface area contributed by atoms with Gasteiger partial charge in [0.15, 0.2) is 0 Å². The van der Waals surface area contributed by atoms with Crippen LogP contribution in [0, 0.1) is 5.92 Å². The summed E-state index contributed by atoms with van der Waals surface area (Å²) in [6, 6.07) is 1.76. The second-order valence-electron chi connectivity index (χ2n) is 4.43. The van der Waals surface area contributed by atoms with E-state index in [0.717, 1.165) is 31.5 Å². The highest BCUT2D eigenvalue weighted by Gasteiger charge is 2.20. The maximum Gasteiger partial charge on any atom is 0.212 e. The van der Waals surface area contributed by atoms with Crippen LogP contribution in [-0.2, 0) is 16.6 Å². The van der Waals surface area contributed by atoms with Crippen molar-refractivity contribution in [3.63, 3.8) is 0 Å². The molecule has 0 radical (unpaired) electrons. The third-order valence-corrected chi connectivity index (χ3v) is 4.48. The Hall–Kier alpha value is -0.850. The quantitative estimate of drug-likeness (QED) is 0.815. The third kappa shape index (κ3) is 4.14. The lowest BCUT2D eigenvalue weighted by molar-refractivity contribution is 0.400. The molecule has 0 aromatic carbocycles. The van der Waals surface area contributed by atoms with Crippen molar-refractivity contribution in [1.29, 1.82) is 0 Å². The largest absolute Gasteiger partial charge is 0.472 e. The summed E-state index contributed by atoms with van der Waals surface area (Å²) < 4.78 is 31.2. The molecule has 5 nitrogen and oxygen atoms in total. The number of nitrogens with one attached hydrogen (secondary N) is 2. The number of hydrogen-bond acceptors (Lipinski definition) is 4. The van der Waals surface area contributed by atoms with Crippen LogP contribution in [0.3, 0.4) is 0 Å². The van der Waals surface area contributed by atoms with E-state index in [0.29, 0.717) is 6.54 Å². The van der Waals surface area contributed by atoms with Gasteiger partial charge in [-0.1, -0.05) is 0 Å². The van der Waals surface area contributed by atoms with Gasteiger partial charge in [0.2, 0.25) is 10.0 Å². The summed E-state index contributed by atoms with van der Waals surface area (Å²) in [5.41, 5.74) is 0.846. The van der Waals surface area contributed by atoms with E-state index in [1.54, 1.807) is 12.3 Å². The van der Waals surface area contributed by atoms with Crippen LogP contribution in [0.25, 0.3) is 0 Å². The fourth-order valence-electron chi connectivity index (χ4n) is 2.00. The first-order valence-electron chi connectivity index (χ1n) is 5.85. The van der Waals surface area contributed by atoms with Gasteiger partial charge in [-0.25, -0.2) is 13.1 Å². The average Bonchev–Trinajstić information content (AvgIpc) is 2.80. The number of furan rings is 1. The summed E-state index contributed by atoms with van der Waals surface area (Å²) in [6.07, 6.45) is 4.96. The molecule has 0 atom stereocenters. The van der Waals surface area contributed by atoms with E-state index in [1.165, 1.54) is 6.26 Å². The molecule has 0 aliphatic carbocycles. The Morgan fingerprint density at radius 1 is 1.41 bits per heavy atom. The predicted molar refractivity (Wildman–Crippen MR) is 64.9 cm³/mol. The summed E-state index contributed by atoms with van der Waals surface area (Å²) in [5, 5.41) is 3.23. The minimum Gasteiger partial charge on any atom is -0.472 e. The molecule has 2 rings (SSSR count). The standard InChI is InChI=1S/C11H18N2O3S/c14-17(15,9-10-1-4-12-5-2-10)13-7-11-3-6-16-8-11/h3,6,8,10,12-13H,1-2,4-5,7,9H2. The molecule has 96 valence electrons. The van der Waals surface area contributed by atoms with E-state index < -0.39 is 10.0 Å². The van der Waals surface area contributed by atoms with Crippen molar-refractivity contribution in [2.45, 2.75) is 19.4 Å². The van der Waals surface area contributed by atoms with Crippen molar-refractivity contribution in [3.05, 3.63) is 24.2 Å². The van der Waals surface area contributed by atoms with Crippen LogP contribution in [0.5, 0.6) is 0 Å². The second kappa shape index (κ2) is 5.66. The second-order valence-corrected chi connectivity index (χ2v) is 6.28. The Balaban J connectivity index is 1.81. The molecule has 0 bridgehead atoms. The van der Waals surface area contributed by atoms with Crippen LogP contribution in [0.4, 0.5) is 0 Å². The van der Waals surface area contributed by atoms with Gasteiger partial charge in [-0.3, -0.25) is 0 Å². The average molecular weight is 258 g/mol. The molecule has 6 heteroatoms. The summed E-state index contributed by atoms with van der Waals surface area (Å²) in [4.78, 5) is 0. The smallest absolute Gasteiger partial charge is 0.212 e. The molecule has 0 unspecified atom stereocenters. The molecule has 1 aliphatic rings. The lowest BCUT2D eigenvalue weighted by atomic mass is 10.0. The van der Waals surface area contributed by atoms with Gasteiger partial charge in [-0.2, -0.15) is 0 Å². The van der Waals surface area contributed by atoms with Crippen LogP contribution >= 0.6 is 0 Å². The van der Waals surface area contributed by atoms with Gasteiger partial charge in [0.05, 0.1) is 18.3 Å². The van der Waals surface area contributed by atoms with Crippen LogP contribution in [-0.4, -0.2) is 27.3 Å². The first kappa shape index (κ1) is 12.6. The van der Waals surface area contributed by atoms with E-state index in [2.05, 4.69) is 10.0 Å². The van der Waals surface area contributed by atoms with Gasteiger partial charge in [0, 0.05) is 12.1 Å². The minimum atomic E-state index is -3.18. The molecule has 0 amide bonds. The van der Waals surface area contributed by atoms with E-state index >= 15 is 0 Å².